The maximum atomic E-state index is 13.9. The van der Waals surface area contributed by atoms with Gasteiger partial charge in [0.15, 0.2) is 5.96 Å². The Labute approximate surface area is 181 Å². The predicted octanol–water partition coefficient (Wildman–Crippen LogP) is 2.85. The quantitative estimate of drug-likeness (QED) is 0.377. The average molecular weight is 491 g/mol. The lowest BCUT2D eigenvalue weighted by Crippen LogP contribution is -2.52. The molecule has 7 heteroatoms. The predicted molar refractivity (Wildman–Crippen MR) is 122 cm³/mol. The molecule has 1 fully saturated rings. The largest absolute Gasteiger partial charge is 0.352 e. The molecule has 1 aliphatic heterocycles. The van der Waals surface area contributed by atoms with Gasteiger partial charge in [-0.3, -0.25) is 9.89 Å². The van der Waals surface area contributed by atoms with Crippen LogP contribution in [0.1, 0.15) is 25.0 Å². The van der Waals surface area contributed by atoms with Crippen LogP contribution >= 0.6 is 24.0 Å². The first-order valence-electron chi connectivity index (χ1n) is 9.49. The van der Waals surface area contributed by atoms with E-state index in [0.29, 0.717) is 19.0 Å². The Morgan fingerprint density at radius 2 is 1.89 bits per heavy atom. The topological polar surface area (TPSA) is 34.1 Å². The van der Waals surface area contributed by atoms with Gasteiger partial charge in [-0.05, 0) is 37.7 Å². The SMILES string of the molecule is CN=C(NCc1ccc(F)c(CN(C)C)c1)N1CCN(CC(C)C)CC1.I. The number of halogens is 2. The smallest absolute Gasteiger partial charge is 0.194 e. The first kappa shape index (κ1) is 24.1. The molecule has 1 aromatic rings. The zero-order valence-electron chi connectivity index (χ0n) is 17.3. The molecular formula is C20H35FIN5. The third kappa shape index (κ3) is 7.91. The molecule has 0 spiro atoms. The Morgan fingerprint density at radius 1 is 1.22 bits per heavy atom. The Hall–Kier alpha value is -0.930. The standard InChI is InChI=1S/C20H34FN5.HI/c1-16(2)14-25-8-10-26(11-9-25)20(22-3)23-13-17-6-7-19(21)18(12-17)15-24(4)5;/h6-7,12,16H,8-11,13-15H2,1-5H3,(H,22,23);1H. The summed E-state index contributed by atoms with van der Waals surface area (Å²) in [5, 5.41) is 3.43. The van der Waals surface area contributed by atoms with Gasteiger partial charge in [0.1, 0.15) is 5.82 Å². The van der Waals surface area contributed by atoms with Crippen molar-refractivity contribution in [1.82, 2.24) is 20.0 Å². The Bertz CT molecular complexity index is 598. The summed E-state index contributed by atoms with van der Waals surface area (Å²) in [7, 11) is 5.72. The van der Waals surface area contributed by atoms with Crippen molar-refractivity contribution in [2.45, 2.75) is 26.9 Å². The van der Waals surface area contributed by atoms with Crippen LogP contribution in [0.25, 0.3) is 0 Å². The summed E-state index contributed by atoms with van der Waals surface area (Å²) in [5.41, 5.74) is 1.80. The molecule has 1 saturated heterocycles. The fourth-order valence-corrected chi connectivity index (χ4v) is 3.37. The van der Waals surface area contributed by atoms with Crippen molar-refractivity contribution in [2.24, 2.45) is 10.9 Å². The second-order valence-electron chi connectivity index (χ2n) is 7.75. The zero-order chi connectivity index (χ0) is 19.1. The molecule has 0 aromatic heterocycles. The molecule has 5 nitrogen and oxygen atoms in total. The molecule has 1 heterocycles. The normalized spacial score (nSPS) is 16.0. The number of hydrogen-bond acceptors (Lipinski definition) is 3. The summed E-state index contributed by atoms with van der Waals surface area (Å²) in [6, 6.07) is 5.34. The minimum absolute atomic E-state index is 0. The molecular weight excluding hydrogens is 456 g/mol. The van der Waals surface area contributed by atoms with Crippen molar-refractivity contribution in [3.63, 3.8) is 0 Å². The summed E-state index contributed by atoms with van der Waals surface area (Å²) in [5.74, 6) is 1.48. The average Bonchev–Trinajstić information content (AvgIpc) is 2.58. The van der Waals surface area contributed by atoms with Crippen LogP contribution in [0.2, 0.25) is 0 Å². The second-order valence-corrected chi connectivity index (χ2v) is 7.75. The fraction of sp³-hybridized carbons (Fsp3) is 0.650. The summed E-state index contributed by atoms with van der Waals surface area (Å²) < 4.78 is 13.9. The van der Waals surface area contributed by atoms with Gasteiger partial charge in [0.2, 0.25) is 0 Å². The van der Waals surface area contributed by atoms with Crippen LogP contribution in [-0.2, 0) is 13.1 Å². The lowest BCUT2D eigenvalue weighted by atomic mass is 10.1. The number of piperazine rings is 1. The number of rotatable bonds is 6. The van der Waals surface area contributed by atoms with Crippen molar-refractivity contribution < 1.29 is 4.39 Å². The Balaban J connectivity index is 0.00000364. The molecule has 0 amide bonds. The molecule has 0 unspecified atom stereocenters. The van der Waals surface area contributed by atoms with Crippen molar-refractivity contribution in [1.29, 1.82) is 0 Å². The number of benzene rings is 1. The monoisotopic (exact) mass is 491 g/mol. The van der Waals surface area contributed by atoms with Gasteiger partial charge in [0, 0.05) is 58.4 Å². The molecule has 0 saturated carbocycles. The molecule has 0 bridgehead atoms. The summed E-state index contributed by atoms with van der Waals surface area (Å²) in [6.07, 6.45) is 0. The van der Waals surface area contributed by atoms with Crippen LogP contribution in [0.4, 0.5) is 4.39 Å². The Kier molecular flexibility index (Phi) is 10.5. The molecule has 27 heavy (non-hydrogen) atoms. The van der Waals surface area contributed by atoms with Gasteiger partial charge >= 0.3 is 0 Å². The van der Waals surface area contributed by atoms with Crippen molar-refractivity contribution in [2.75, 3.05) is 53.9 Å². The molecule has 1 N–H and O–H groups in total. The van der Waals surface area contributed by atoms with E-state index in [2.05, 4.69) is 34.0 Å². The molecule has 1 aromatic carbocycles. The molecule has 0 aliphatic carbocycles. The molecule has 0 atom stereocenters. The van der Waals surface area contributed by atoms with Crippen LogP contribution in [0.3, 0.4) is 0 Å². The van der Waals surface area contributed by atoms with Gasteiger partial charge in [-0.1, -0.05) is 19.9 Å². The van der Waals surface area contributed by atoms with Crippen LogP contribution in [0.15, 0.2) is 23.2 Å². The zero-order valence-corrected chi connectivity index (χ0v) is 19.7. The van der Waals surface area contributed by atoms with Gasteiger partial charge in [-0.25, -0.2) is 4.39 Å². The van der Waals surface area contributed by atoms with E-state index in [9.17, 15) is 4.39 Å². The van der Waals surface area contributed by atoms with Crippen molar-refractivity contribution >= 4 is 29.9 Å². The highest BCUT2D eigenvalue weighted by Crippen LogP contribution is 2.13. The summed E-state index contributed by atoms with van der Waals surface area (Å²) in [4.78, 5) is 11.2. The number of aliphatic imine (C=N–C) groups is 1. The lowest BCUT2D eigenvalue weighted by molar-refractivity contribution is 0.164. The fourth-order valence-electron chi connectivity index (χ4n) is 3.37. The van der Waals surface area contributed by atoms with Crippen LogP contribution < -0.4 is 5.32 Å². The Morgan fingerprint density at radius 3 is 2.44 bits per heavy atom. The van der Waals surface area contributed by atoms with Crippen LogP contribution in [0, 0.1) is 11.7 Å². The van der Waals surface area contributed by atoms with E-state index in [0.717, 1.165) is 49.8 Å². The van der Waals surface area contributed by atoms with Gasteiger partial charge < -0.3 is 15.1 Å². The van der Waals surface area contributed by atoms with Gasteiger partial charge in [0.25, 0.3) is 0 Å². The van der Waals surface area contributed by atoms with Crippen LogP contribution in [0.5, 0.6) is 0 Å². The molecule has 1 aliphatic rings. The van der Waals surface area contributed by atoms with E-state index in [1.54, 1.807) is 6.07 Å². The van der Waals surface area contributed by atoms with Gasteiger partial charge in [-0.2, -0.15) is 0 Å². The van der Waals surface area contributed by atoms with Crippen molar-refractivity contribution in [3.8, 4) is 0 Å². The minimum Gasteiger partial charge on any atom is -0.352 e. The van der Waals surface area contributed by atoms with E-state index in [4.69, 9.17) is 0 Å². The molecule has 0 radical (unpaired) electrons. The second kappa shape index (κ2) is 11.8. The maximum Gasteiger partial charge on any atom is 0.194 e. The van der Waals surface area contributed by atoms with Crippen molar-refractivity contribution in [3.05, 3.63) is 35.1 Å². The van der Waals surface area contributed by atoms with E-state index >= 15 is 0 Å². The van der Waals surface area contributed by atoms with E-state index < -0.39 is 0 Å². The third-order valence-electron chi connectivity index (χ3n) is 4.55. The highest BCUT2D eigenvalue weighted by molar-refractivity contribution is 14.0. The van der Waals surface area contributed by atoms with E-state index in [-0.39, 0.29) is 29.8 Å². The van der Waals surface area contributed by atoms with E-state index in [1.165, 1.54) is 0 Å². The minimum atomic E-state index is -0.145. The summed E-state index contributed by atoms with van der Waals surface area (Å²) in [6.45, 7) is 11.1. The van der Waals surface area contributed by atoms with Gasteiger partial charge in [-0.15, -0.1) is 24.0 Å². The van der Waals surface area contributed by atoms with Crippen LogP contribution in [-0.4, -0.2) is 74.5 Å². The highest BCUT2D eigenvalue weighted by atomic mass is 127. The first-order valence-corrected chi connectivity index (χ1v) is 9.49. The number of hydrogen-bond donors (Lipinski definition) is 1. The third-order valence-corrected chi connectivity index (χ3v) is 4.55. The molecule has 154 valence electrons. The molecule has 2 rings (SSSR count). The highest BCUT2D eigenvalue weighted by Gasteiger charge is 2.19. The number of guanidine groups is 1. The lowest BCUT2D eigenvalue weighted by Gasteiger charge is -2.37. The first-order chi connectivity index (χ1) is 12.4. The maximum absolute atomic E-state index is 13.9. The van der Waals surface area contributed by atoms with E-state index in [1.807, 2.05) is 38.2 Å². The summed E-state index contributed by atoms with van der Waals surface area (Å²) >= 11 is 0. The van der Waals surface area contributed by atoms with Gasteiger partial charge in [0.05, 0.1) is 0 Å². The number of nitrogens with one attached hydrogen (secondary N) is 1. The number of nitrogens with zero attached hydrogens (tertiary/aromatic N) is 4.